The van der Waals surface area contributed by atoms with Gasteiger partial charge in [0.25, 0.3) is 0 Å². The minimum absolute atomic E-state index is 0.209. The molecule has 1 N–H and O–H groups in total. The third-order valence-electron chi connectivity index (χ3n) is 4.39. The average molecular weight is 259 g/mol. The number of ether oxygens (including phenoxy) is 1. The SMILES string of the molecule is CCOc1ccc(NC(=O)C2C3CCCCC32)cc1. The van der Waals surface area contributed by atoms with Crippen molar-refractivity contribution in [2.45, 2.75) is 32.6 Å². The molecule has 2 aliphatic carbocycles. The highest BCUT2D eigenvalue weighted by atomic mass is 16.5. The summed E-state index contributed by atoms with van der Waals surface area (Å²) in [5.74, 6) is 2.66. The molecule has 0 aromatic heterocycles. The zero-order chi connectivity index (χ0) is 13.2. The van der Waals surface area contributed by atoms with Crippen molar-refractivity contribution in [1.82, 2.24) is 0 Å². The van der Waals surface area contributed by atoms with Crippen LogP contribution in [0.4, 0.5) is 5.69 Å². The fraction of sp³-hybridized carbons (Fsp3) is 0.562. The fourth-order valence-corrected chi connectivity index (χ4v) is 3.41. The highest BCUT2D eigenvalue weighted by molar-refractivity contribution is 5.94. The van der Waals surface area contributed by atoms with Crippen LogP contribution in [-0.2, 0) is 4.79 Å². The van der Waals surface area contributed by atoms with Crippen LogP contribution in [0.5, 0.6) is 5.75 Å². The van der Waals surface area contributed by atoms with E-state index >= 15 is 0 Å². The molecule has 0 aliphatic heterocycles. The Morgan fingerprint density at radius 1 is 1.21 bits per heavy atom. The van der Waals surface area contributed by atoms with E-state index in [1.165, 1.54) is 25.7 Å². The molecule has 0 bridgehead atoms. The molecule has 2 unspecified atom stereocenters. The first-order chi connectivity index (χ1) is 9.29. The molecule has 2 atom stereocenters. The Kier molecular flexibility index (Phi) is 3.45. The Morgan fingerprint density at radius 3 is 2.42 bits per heavy atom. The second-order valence-electron chi connectivity index (χ2n) is 5.58. The van der Waals surface area contributed by atoms with Crippen LogP contribution in [0.3, 0.4) is 0 Å². The monoisotopic (exact) mass is 259 g/mol. The molecule has 2 aliphatic rings. The molecule has 1 aromatic rings. The molecular formula is C16H21NO2. The van der Waals surface area contributed by atoms with Gasteiger partial charge >= 0.3 is 0 Å². The summed E-state index contributed by atoms with van der Waals surface area (Å²) in [5, 5.41) is 3.04. The molecule has 0 saturated heterocycles. The maximum absolute atomic E-state index is 12.2. The molecule has 0 radical (unpaired) electrons. The van der Waals surface area contributed by atoms with E-state index in [0.717, 1.165) is 11.4 Å². The van der Waals surface area contributed by atoms with Crippen molar-refractivity contribution in [3.05, 3.63) is 24.3 Å². The summed E-state index contributed by atoms with van der Waals surface area (Å²) < 4.78 is 5.39. The van der Waals surface area contributed by atoms with Crippen molar-refractivity contribution in [3.63, 3.8) is 0 Å². The Morgan fingerprint density at radius 2 is 1.84 bits per heavy atom. The summed E-state index contributed by atoms with van der Waals surface area (Å²) >= 11 is 0. The number of carbonyl (C=O) groups excluding carboxylic acids is 1. The first kappa shape index (κ1) is 12.5. The van der Waals surface area contributed by atoms with Gasteiger partial charge in [-0.1, -0.05) is 12.8 Å². The van der Waals surface area contributed by atoms with Crippen LogP contribution in [0.1, 0.15) is 32.6 Å². The van der Waals surface area contributed by atoms with Gasteiger partial charge < -0.3 is 10.1 Å². The van der Waals surface area contributed by atoms with Crippen molar-refractivity contribution in [2.24, 2.45) is 17.8 Å². The topological polar surface area (TPSA) is 38.3 Å². The number of anilines is 1. The summed E-state index contributed by atoms with van der Waals surface area (Å²) in [6, 6.07) is 7.63. The molecule has 2 fully saturated rings. The van der Waals surface area contributed by atoms with Crippen molar-refractivity contribution < 1.29 is 9.53 Å². The van der Waals surface area contributed by atoms with E-state index in [1.807, 2.05) is 31.2 Å². The van der Waals surface area contributed by atoms with Gasteiger partial charge in [-0.05, 0) is 55.9 Å². The second-order valence-corrected chi connectivity index (χ2v) is 5.58. The smallest absolute Gasteiger partial charge is 0.228 e. The van der Waals surface area contributed by atoms with Gasteiger partial charge in [-0.2, -0.15) is 0 Å². The van der Waals surface area contributed by atoms with E-state index in [2.05, 4.69) is 5.32 Å². The minimum atomic E-state index is 0.209. The summed E-state index contributed by atoms with van der Waals surface area (Å²) in [6.45, 7) is 2.63. The lowest BCUT2D eigenvalue weighted by atomic mass is 10.0. The molecule has 0 heterocycles. The zero-order valence-electron chi connectivity index (χ0n) is 11.4. The van der Waals surface area contributed by atoms with E-state index < -0.39 is 0 Å². The number of nitrogens with one attached hydrogen (secondary N) is 1. The van der Waals surface area contributed by atoms with E-state index in [0.29, 0.717) is 18.4 Å². The van der Waals surface area contributed by atoms with Gasteiger partial charge in [0, 0.05) is 11.6 Å². The Balaban J connectivity index is 1.57. The maximum atomic E-state index is 12.2. The number of benzene rings is 1. The number of amides is 1. The first-order valence-electron chi connectivity index (χ1n) is 7.33. The molecule has 2 saturated carbocycles. The van der Waals surface area contributed by atoms with Crippen LogP contribution >= 0.6 is 0 Å². The zero-order valence-corrected chi connectivity index (χ0v) is 11.4. The number of rotatable bonds is 4. The largest absolute Gasteiger partial charge is 0.494 e. The van der Waals surface area contributed by atoms with Crippen LogP contribution in [-0.4, -0.2) is 12.5 Å². The highest BCUT2D eigenvalue weighted by Crippen LogP contribution is 2.55. The van der Waals surface area contributed by atoms with Gasteiger partial charge in [-0.15, -0.1) is 0 Å². The van der Waals surface area contributed by atoms with E-state index in [1.54, 1.807) is 0 Å². The highest BCUT2D eigenvalue weighted by Gasteiger charge is 2.54. The van der Waals surface area contributed by atoms with Gasteiger partial charge in [0.2, 0.25) is 5.91 Å². The number of hydrogen-bond acceptors (Lipinski definition) is 2. The molecule has 3 rings (SSSR count). The summed E-state index contributed by atoms with van der Waals surface area (Å²) in [4.78, 5) is 12.2. The normalized spacial score (nSPS) is 28.4. The lowest BCUT2D eigenvalue weighted by Gasteiger charge is -2.07. The Bertz CT molecular complexity index is 442. The average Bonchev–Trinajstić information content (AvgIpc) is 3.15. The van der Waals surface area contributed by atoms with E-state index in [4.69, 9.17) is 4.74 Å². The Hall–Kier alpha value is -1.51. The lowest BCUT2D eigenvalue weighted by Crippen LogP contribution is -2.15. The van der Waals surface area contributed by atoms with Crippen LogP contribution in [0.2, 0.25) is 0 Å². The summed E-state index contributed by atoms with van der Waals surface area (Å²) in [5.41, 5.74) is 0.872. The quantitative estimate of drug-likeness (QED) is 0.899. The fourth-order valence-electron chi connectivity index (χ4n) is 3.41. The van der Waals surface area contributed by atoms with Gasteiger partial charge in [-0.3, -0.25) is 4.79 Å². The molecular weight excluding hydrogens is 238 g/mol. The summed E-state index contributed by atoms with van der Waals surface area (Å²) in [7, 11) is 0. The predicted octanol–water partition coefficient (Wildman–Crippen LogP) is 3.46. The van der Waals surface area contributed by atoms with Crippen molar-refractivity contribution in [1.29, 1.82) is 0 Å². The molecule has 19 heavy (non-hydrogen) atoms. The molecule has 0 spiro atoms. The van der Waals surface area contributed by atoms with Crippen LogP contribution in [0.25, 0.3) is 0 Å². The van der Waals surface area contributed by atoms with Gasteiger partial charge in [-0.25, -0.2) is 0 Å². The Labute approximate surface area is 114 Å². The number of hydrogen-bond donors (Lipinski definition) is 1. The molecule has 102 valence electrons. The summed E-state index contributed by atoms with van der Waals surface area (Å²) in [6.07, 6.45) is 5.08. The standard InChI is InChI=1S/C16H21NO2/c1-2-19-12-9-7-11(8-10-12)17-16(18)15-13-5-3-4-6-14(13)15/h7-10,13-15H,2-6H2,1H3,(H,17,18). The molecule has 3 heteroatoms. The lowest BCUT2D eigenvalue weighted by molar-refractivity contribution is -0.117. The minimum Gasteiger partial charge on any atom is -0.494 e. The van der Waals surface area contributed by atoms with Crippen LogP contribution in [0, 0.1) is 17.8 Å². The number of fused-ring (bicyclic) bond motifs is 1. The molecule has 1 amide bonds. The third-order valence-corrected chi connectivity index (χ3v) is 4.39. The van der Waals surface area contributed by atoms with Crippen molar-refractivity contribution in [3.8, 4) is 5.75 Å². The van der Waals surface area contributed by atoms with Crippen molar-refractivity contribution >= 4 is 11.6 Å². The molecule has 3 nitrogen and oxygen atoms in total. The van der Waals surface area contributed by atoms with Crippen molar-refractivity contribution in [2.75, 3.05) is 11.9 Å². The van der Waals surface area contributed by atoms with Crippen LogP contribution < -0.4 is 10.1 Å². The van der Waals surface area contributed by atoms with Crippen LogP contribution in [0.15, 0.2) is 24.3 Å². The maximum Gasteiger partial charge on any atom is 0.228 e. The number of carbonyl (C=O) groups is 1. The third kappa shape index (κ3) is 2.60. The second kappa shape index (κ2) is 5.24. The van der Waals surface area contributed by atoms with E-state index in [9.17, 15) is 4.79 Å². The first-order valence-corrected chi connectivity index (χ1v) is 7.33. The van der Waals surface area contributed by atoms with Gasteiger partial charge in [0.05, 0.1) is 6.61 Å². The van der Waals surface area contributed by atoms with Gasteiger partial charge in [0.1, 0.15) is 5.75 Å². The van der Waals surface area contributed by atoms with Gasteiger partial charge in [0.15, 0.2) is 0 Å². The predicted molar refractivity (Wildman–Crippen MR) is 75.2 cm³/mol. The molecule has 1 aromatic carbocycles. The van der Waals surface area contributed by atoms with E-state index in [-0.39, 0.29) is 11.8 Å².